The van der Waals surface area contributed by atoms with Gasteiger partial charge in [-0.3, -0.25) is 0 Å². The van der Waals surface area contributed by atoms with E-state index >= 15 is 0 Å². The highest BCUT2D eigenvalue weighted by Crippen LogP contribution is 2.25. The average Bonchev–Trinajstić information content (AvgIpc) is 2.90. The van der Waals surface area contributed by atoms with Crippen LogP contribution in [-0.4, -0.2) is 16.5 Å². The number of unbranched alkanes of at least 4 members (excludes halogenated alkanes) is 27. The third-order valence-corrected chi connectivity index (χ3v) is 9.38. The van der Waals surface area contributed by atoms with Crippen molar-refractivity contribution in [1.82, 2.24) is 4.42 Å². The highest BCUT2D eigenvalue weighted by Gasteiger charge is 2.24. The molecule has 0 aromatic carbocycles. The predicted molar refractivity (Wildman–Crippen MR) is 176 cm³/mol. The first-order chi connectivity index (χ1) is 18.5. The molecule has 0 radical (unpaired) electrons. The van der Waals surface area contributed by atoms with Gasteiger partial charge in [-0.2, -0.15) is 0 Å². The lowest BCUT2D eigenvalue weighted by atomic mass is 9.95. The van der Waals surface area contributed by atoms with Crippen LogP contribution in [0.25, 0.3) is 0 Å². The van der Waals surface area contributed by atoms with E-state index in [2.05, 4.69) is 32.1 Å². The molecule has 1 nitrogen and oxygen atoms in total. The van der Waals surface area contributed by atoms with E-state index in [0.29, 0.717) is 0 Å². The Morgan fingerprint density at radius 1 is 0.368 bits per heavy atom. The summed E-state index contributed by atoms with van der Waals surface area (Å²) in [6.07, 6.45) is 42.6. The van der Waals surface area contributed by atoms with Crippen LogP contribution in [0.1, 0.15) is 220 Å². The molecule has 0 unspecified atom stereocenters. The summed E-state index contributed by atoms with van der Waals surface area (Å²) < 4.78 is 2.12. The summed E-state index contributed by atoms with van der Waals surface area (Å²) in [4.78, 5) is 0. The monoisotopic (exact) mass is 556 g/mol. The van der Waals surface area contributed by atoms with Gasteiger partial charge in [0.15, 0.2) is 0 Å². The van der Waals surface area contributed by atoms with Gasteiger partial charge >= 0.3 is 0 Å². The number of nitrogens with zero attached hydrogens (tertiary/aromatic N) is 1. The van der Waals surface area contributed by atoms with Gasteiger partial charge in [0.2, 0.25) is 0 Å². The molecule has 0 bridgehead atoms. The van der Waals surface area contributed by atoms with Crippen LogP contribution < -0.4 is 0 Å². The van der Waals surface area contributed by atoms with Gasteiger partial charge in [-0.25, -0.2) is 4.42 Å². The topological polar surface area (TPSA) is 3.24 Å². The Hall–Kier alpha value is 0.250. The van der Waals surface area contributed by atoms with Crippen molar-refractivity contribution < 1.29 is 0 Å². The quantitative estimate of drug-likeness (QED) is 0.0589. The van der Waals surface area contributed by atoms with Crippen LogP contribution in [0.15, 0.2) is 0 Å². The summed E-state index contributed by atoms with van der Waals surface area (Å²) in [5, 5.41) is 0. The molecule has 0 aliphatic carbocycles. The number of rotatable bonds is 32. The van der Waals surface area contributed by atoms with E-state index in [1.807, 2.05) is 0 Å². The highest BCUT2D eigenvalue weighted by molar-refractivity contribution is 6.13. The summed E-state index contributed by atoms with van der Waals surface area (Å²) in [5.74, 6) is 0. The minimum Gasteiger partial charge on any atom is -0.215 e. The molecule has 0 spiro atoms. The van der Waals surface area contributed by atoms with Crippen molar-refractivity contribution >= 4 is 11.8 Å². The maximum Gasteiger partial charge on any atom is 0.0306 e. The zero-order valence-corrected chi connectivity index (χ0v) is 28.0. The first kappa shape index (κ1) is 38.2. The Labute approximate surface area is 248 Å². The van der Waals surface area contributed by atoms with E-state index in [0.717, 1.165) is 6.54 Å². The lowest BCUT2D eigenvalue weighted by Gasteiger charge is -2.33. The second-order valence-corrected chi connectivity index (χ2v) is 13.6. The fourth-order valence-corrected chi connectivity index (χ4v) is 6.00. The zero-order chi connectivity index (χ0) is 28.0. The van der Waals surface area contributed by atoms with Crippen molar-refractivity contribution in [2.24, 2.45) is 0 Å². The Morgan fingerprint density at radius 2 is 0.605 bits per heavy atom. The summed E-state index contributed by atoms with van der Waals surface area (Å²) in [7, 11) is 0. The van der Waals surface area contributed by atoms with Crippen LogP contribution in [0.3, 0.4) is 0 Å². The van der Waals surface area contributed by atoms with Crippen molar-refractivity contribution in [2.75, 3.05) is 6.54 Å². The van der Waals surface area contributed by atoms with Gasteiger partial charge < -0.3 is 0 Å². The average molecular weight is 556 g/mol. The predicted octanol–water partition coefficient (Wildman–Crippen LogP) is 14.0. The largest absolute Gasteiger partial charge is 0.215 e. The smallest absolute Gasteiger partial charge is 0.0306 e. The van der Waals surface area contributed by atoms with Gasteiger partial charge in [-0.15, -0.1) is 0 Å². The van der Waals surface area contributed by atoms with Gasteiger partial charge in [-0.05, 0) is 38.5 Å². The molecule has 38 heavy (non-hydrogen) atoms. The molecule has 0 atom stereocenters. The Bertz CT molecular complexity index is 435. The summed E-state index contributed by atoms with van der Waals surface area (Å²) in [6, 6.07) is 0. The first-order valence-corrected chi connectivity index (χ1v) is 18.3. The first-order valence-electron chi connectivity index (χ1n) is 18.0. The molecular weight excluding hydrogens is 482 g/mol. The van der Waals surface area contributed by atoms with E-state index in [-0.39, 0.29) is 5.54 Å². The Morgan fingerprint density at radius 3 is 0.895 bits per heavy atom. The molecule has 0 amide bonds. The molecule has 0 aromatic rings. The molecule has 0 N–H and O–H groups in total. The lowest BCUT2D eigenvalue weighted by molar-refractivity contribution is 0.211. The van der Waals surface area contributed by atoms with Crippen molar-refractivity contribution in [3.05, 3.63) is 0 Å². The van der Waals surface area contributed by atoms with Gasteiger partial charge in [-0.1, -0.05) is 194 Å². The van der Waals surface area contributed by atoms with Crippen LogP contribution >= 0.6 is 11.8 Å². The maximum atomic E-state index is 6.72. The summed E-state index contributed by atoms with van der Waals surface area (Å²) >= 11 is 6.72. The van der Waals surface area contributed by atoms with E-state index in [9.17, 15) is 0 Å². The SMILES string of the molecule is CCCCCCCCCCCCCCCCCCN(Cl)C(C)(C)CCCCCCCCCCCCCCC. The van der Waals surface area contributed by atoms with Crippen molar-refractivity contribution in [1.29, 1.82) is 0 Å². The van der Waals surface area contributed by atoms with Crippen LogP contribution in [0, 0.1) is 0 Å². The molecule has 0 aliphatic heterocycles. The fourth-order valence-electron chi connectivity index (χ4n) is 5.80. The third kappa shape index (κ3) is 27.8. The number of hydrogen-bond donors (Lipinski definition) is 0. The van der Waals surface area contributed by atoms with Crippen molar-refractivity contribution in [3.8, 4) is 0 Å². The van der Waals surface area contributed by atoms with Gasteiger partial charge in [0, 0.05) is 12.1 Å². The standard InChI is InChI=1S/C36H74ClN/c1-5-7-9-11-13-15-17-19-20-21-23-25-27-29-31-33-35-38(37)36(3,4)34-32-30-28-26-24-22-18-16-14-12-10-8-6-2/h5-35H2,1-4H3. The fraction of sp³-hybridized carbons (Fsp3) is 1.00. The Kier molecular flexibility index (Phi) is 30.4. The molecular formula is C36H74ClN. The lowest BCUT2D eigenvalue weighted by Crippen LogP contribution is -2.37. The molecule has 0 aliphatic rings. The van der Waals surface area contributed by atoms with E-state index in [4.69, 9.17) is 11.8 Å². The molecule has 230 valence electrons. The van der Waals surface area contributed by atoms with Crippen LogP contribution in [0.2, 0.25) is 0 Å². The van der Waals surface area contributed by atoms with Gasteiger partial charge in [0.05, 0.1) is 0 Å². The van der Waals surface area contributed by atoms with Crippen LogP contribution in [0.4, 0.5) is 0 Å². The minimum atomic E-state index is 0.134. The number of halogens is 1. The zero-order valence-electron chi connectivity index (χ0n) is 27.2. The highest BCUT2D eigenvalue weighted by atomic mass is 35.5. The molecule has 0 saturated carbocycles. The van der Waals surface area contributed by atoms with Crippen molar-refractivity contribution in [3.63, 3.8) is 0 Å². The summed E-state index contributed by atoms with van der Waals surface area (Å²) in [5.41, 5.74) is 0.134. The molecule has 0 heterocycles. The summed E-state index contributed by atoms with van der Waals surface area (Å²) in [6.45, 7) is 10.3. The molecule has 0 fully saturated rings. The van der Waals surface area contributed by atoms with E-state index in [1.165, 1.54) is 193 Å². The minimum absolute atomic E-state index is 0.134. The van der Waals surface area contributed by atoms with Crippen LogP contribution in [-0.2, 0) is 0 Å². The van der Waals surface area contributed by atoms with Gasteiger partial charge in [0.25, 0.3) is 0 Å². The maximum absolute atomic E-state index is 6.72. The third-order valence-electron chi connectivity index (χ3n) is 8.76. The normalized spacial score (nSPS) is 12.2. The molecule has 0 rings (SSSR count). The molecule has 0 aromatic heterocycles. The van der Waals surface area contributed by atoms with Crippen LogP contribution in [0.5, 0.6) is 0 Å². The molecule has 2 heteroatoms. The van der Waals surface area contributed by atoms with E-state index < -0.39 is 0 Å². The van der Waals surface area contributed by atoms with Crippen molar-refractivity contribution in [2.45, 2.75) is 226 Å². The molecule has 0 saturated heterocycles. The second-order valence-electron chi connectivity index (χ2n) is 13.2. The Balaban J connectivity index is 3.40. The van der Waals surface area contributed by atoms with E-state index in [1.54, 1.807) is 0 Å². The van der Waals surface area contributed by atoms with Gasteiger partial charge in [0.1, 0.15) is 0 Å². The number of hydrogen-bond acceptors (Lipinski definition) is 1. The second kappa shape index (κ2) is 30.2.